The topological polar surface area (TPSA) is 53.7 Å². The molecule has 2 aromatic carbocycles. The molecule has 1 N–H and O–H groups in total. The lowest BCUT2D eigenvalue weighted by atomic mass is 10.2. The van der Waals surface area contributed by atoms with Gasteiger partial charge in [-0.2, -0.15) is 0 Å². The van der Waals surface area contributed by atoms with E-state index in [0.717, 1.165) is 30.2 Å². The predicted molar refractivity (Wildman–Crippen MR) is 120 cm³/mol. The molecule has 1 aliphatic heterocycles. The van der Waals surface area contributed by atoms with Crippen molar-refractivity contribution < 1.29 is 8.81 Å². The van der Waals surface area contributed by atoms with Crippen molar-refractivity contribution in [1.82, 2.24) is 10.3 Å². The molecule has 0 aliphatic carbocycles. The normalized spacial score (nSPS) is 13.2. The summed E-state index contributed by atoms with van der Waals surface area (Å²) < 4.78 is 18.5. The summed E-state index contributed by atoms with van der Waals surface area (Å²) in [5.74, 6) is 1.09. The summed E-state index contributed by atoms with van der Waals surface area (Å²) in [7, 11) is 1.80. The van der Waals surface area contributed by atoms with E-state index in [0.29, 0.717) is 18.9 Å². The van der Waals surface area contributed by atoms with Crippen molar-refractivity contribution in [3.05, 3.63) is 71.9 Å². The molecule has 1 aliphatic rings. The third kappa shape index (κ3) is 4.35. The molecule has 0 atom stereocenters. The molecule has 0 fully saturated rings. The van der Waals surface area contributed by atoms with Gasteiger partial charge in [-0.15, -0.1) is 24.0 Å². The average Bonchev–Trinajstić information content (AvgIpc) is 3.33. The van der Waals surface area contributed by atoms with Crippen molar-refractivity contribution in [2.24, 2.45) is 4.99 Å². The average molecular weight is 492 g/mol. The fourth-order valence-corrected chi connectivity index (χ4v) is 3.30. The molecule has 0 bridgehead atoms. The fraction of sp³-hybridized carbons (Fsp3) is 0.238. The summed E-state index contributed by atoms with van der Waals surface area (Å²) in [4.78, 5) is 11.1. The molecule has 0 saturated heterocycles. The lowest BCUT2D eigenvalue weighted by Gasteiger charge is -2.22. The predicted octanol–water partition coefficient (Wildman–Crippen LogP) is 4.28. The number of hydrogen-bond acceptors (Lipinski definition) is 3. The van der Waals surface area contributed by atoms with E-state index in [4.69, 9.17) is 4.42 Å². The Morgan fingerprint density at radius 3 is 2.79 bits per heavy atom. The molecule has 3 aromatic rings. The first kappa shape index (κ1) is 20.3. The van der Waals surface area contributed by atoms with Crippen molar-refractivity contribution in [2.75, 3.05) is 25.0 Å². The molecule has 0 amide bonds. The monoisotopic (exact) mass is 492 g/mol. The largest absolute Gasteiger partial charge is 0.444 e. The van der Waals surface area contributed by atoms with Crippen LogP contribution in [0.4, 0.5) is 10.1 Å². The van der Waals surface area contributed by atoms with Gasteiger partial charge in [0.2, 0.25) is 5.89 Å². The molecule has 0 radical (unpaired) electrons. The lowest BCUT2D eigenvalue weighted by molar-refractivity contribution is 0.571. The van der Waals surface area contributed by atoms with E-state index < -0.39 is 0 Å². The van der Waals surface area contributed by atoms with Gasteiger partial charge in [-0.1, -0.05) is 18.2 Å². The second kappa shape index (κ2) is 9.18. The summed E-state index contributed by atoms with van der Waals surface area (Å²) >= 11 is 0. The number of benzene rings is 2. The van der Waals surface area contributed by atoms with Crippen molar-refractivity contribution >= 4 is 35.6 Å². The van der Waals surface area contributed by atoms with Crippen molar-refractivity contribution in [1.29, 1.82) is 0 Å². The van der Waals surface area contributed by atoms with Gasteiger partial charge in [0, 0.05) is 37.8 Å². The quantitative estimate of drug-likeness (QED) is 0.336. The van der Waals surface area contributed by atoms with Crippen molar-refractivity contribution in [3.63, 3.8) is 0 Å². The van der Waals surface area contributed by atoms with Gasteiger partial charge < -0.3 is 14.6 Å². The SMILES string of the molecule is CN=C(NCCc1coc(-c2ccc(F)cc2)n1)N1CCc2ccccc21.I. The van der Waals surface area contributed by atoms with E-state index in [1.54, 1.807) is 25.4 Å². The Labute approximate surface area is 180 Å². The number of nitrogens with one attached hydrogen (secondary N) is 1. The highest BCUT2D eigenvalue weighted by atomic mass is 127. The Bertz CT molecular complexity index is 955. The number of fused-ring (bicyclic) bond motifs is 1. The zero-order valence-electron chi connectivity index (χ0n) is 15.6. The van der Waals surface area contributed by atoms with E-state index in [-0.39, 0.29) is 29.8 Å². The number of aromatic nitrogens is 1. The molecule has 0 spiro atoms. The Hall–Kier alpha value is -2.42. The van der Waals surface area contributed by atoms with Crippen LogP contribution in [-0.4, -0.2) is 31.1 Å². The minimum absolute atomic E-state index is 0. The van der Waals surface area contributed by atoms with E-state index in [2.05, 4.69) is 44.5 Å². The van der Waals surface area contributed by atoms with Crippen LogP contribution in [0.3, 0.4) is 0 Å². The molecule has 28 heavy (non-hydrogen) atoms. The third-order valence-electron chi connectivity index (χ3n) is 4.66. The number of guanidine groups is 1. The lowest BCUT2D eigenvalue weighted by Crippen LogP contribution is -2.41. The van der Waals surface area contributed by atoms with Crippen LogP contribution in [0.2, 0.25) is 0 Å². The zero-order chi connectivity index (χ0) is 18.6. The van der Waals surface area contributed by atoms with E-state index >= 15 is 0 Å². The molecule has 0 unspecified atom stereocenters. The van der Waals surface area contributed by atoms with Crippen LogP contribution in [0.25, 0.3) is 11.5 Å². The van der Waals surface area contributed by atoms with Crippen LogP contribution in [-0.2, 0) is 12.8 Å². The molecule has 0 saturated carbocycles. The van der Waals surface area contributed by atoms with Gasteiger partial charge in [0.15, 0.2) is 5.96 Å². The molecule has 5 nitrogen and oxygen atoms in total. The summed E-state index contributed by atoms with van der Waals surface area (Å²) in [6.07, 6.45) is 3.38. The number of oxazole rings is 1. The smallest absolute Gasteiger partial charge is 0.226 e. The van der Waals surface area contributed by atoms with Crippen LogP contribution in [0, 0.1) is 5.82 Å². The molecule has 2 heterocycles. The van der Waals surface area contributed by atoms with E-state index in [9.17, 15) is 4.39 Å². The number of halogens is 2. The standard InChI is InChI=1S/C21H21FN4O.HI/c1-23-21(26-13-11-15-4-2-3-5-19(15)26)24-12-10-18-14-27-20(25-18)16-6-8-17(22)9-7-16;/h2-9,14H,10-13H2,1H3,(H,23,24);1H. The zero-order valence-corrected chi connectivity index (χ0v) is 17.9. The maximum Gasteiger partial charge on any atom is 0.226 e. The highest BCUT2D eigenvalue weighted by Gasteiger charge is 2.22. The van der Waals surface area contributed by atoms with Crippen molar-refractivity contribution in [3.8, 4) is 11.5 Å². The molecule has 146 valence electrons. The molecular weight excluding hydrogens is 470 g/mol. The third-order valence-corrected chi connectivity index (χ3v) is 4.66. The molecule has 1 aromatic heterocycles. The second-order valence-electron chi connectivity index (χ2n) is 6.41. The Balaban J connectivity index is 0.00000225. The summed E-state index contributed by atoms with van der Waals surface area (Å²) in [6.45, 7) is 1.62. The fourth-order valence-electron chi connectivity index (χ4n) is 3.30. The van der Waals surface area contributed by atoms with Crippen molar-refractivity contribution in [2.45, 2.75) is 12.8 Å². The number of rotatable bonds is 4. The first-order valence-electron chi connectivity index (χ1n) is 9.01. The van der Waals surface area contributed by atoms with Gasteiger partial charge in [-0.3, -0.25) is 4.99 Å². The Morgan fingerprint density at radius 2 is 2.00 bits per heavy atom. The van der Waals surface area contributed by atoms with Crippen LogP contribution in [0.1, 0.15) is 11.3 Å². The van der Waals surface area contributed by atoms with Crippen LogP contribution in [0.15, 0.2) is 64.2 Å². The van der Waals surface area contributed by atoms with Gasteiger partial charge in [0.25, 0.3) is 0 Å². The second-order valence-corrected chi connectivity index (χ2v) is 6.41. The van der Waals surface area contributed by atoms with Crippen LogP contribution in [0.5, 0.6) is 0 Å². The van der Waals surface area contributed by atoms with E-state index in [1.807, 2.05) is 0 Å². The first-order chi connectivity index (χ1) is 13.2. The van der Waals surface area contributed by atoms with Crippen LogP contribution >= 0.6 is 24.0 Å². The van der Waals surface area contributed by atoms with Gasteiger partial charge in [-0.25, -0.2) is 9.37 Å². The van der Waals surface area contributed by atoms with Crippen LogP contribution < -0.4 is 10.2 Å². The maximum absolute atomic E-state index is 13.0. The Kier molecular flexibility index (Phi) is 6.66. The summed E-state index contributed by atoms with van der Waals surface area (Å²) in [6, 6.07) is 14.5. The van der Waals surface area contributed by atoms with Gasteiger partial charge in [-0.05, 0) is 42.3 Å². The number of hydrogen-bond donors (Lipinski definition) is 1. The minimum Gasteiger partial charge on any atom is -0.444 e. The van der Waals surface area contributed by atoms with Gasteiger partial charge in [0.1, 0.15) is 12.1 Å². The molecular formula is C21H22FIN4O. The first-order valence-corrected chi connectivity index (χ1v) is 9.01. The molecule has 7 heteroatoms. The van der Waals surface area contributed by atoms with E-state index in [1.165, 1.54) is 23.4 Å². The number of anilines is 1. The highest BCUT2D eigenvalue weighted by Crippen LogP contribution is 2.27. The number of aliphatic imine (C=N–C) groups is 1. The Morgan fingerprint density at radius 1 is 1.21 bits per heavy atom. The number of nitrogens with zero attached hydrogens (tertiary/aromatic N) is 3. The summed E-state index contributed by atoms with van der Waals surface area (Å²) in [5, 5.41) is 3.40. The van der Waals surface area contributed by atoms with Gasteiger partial charge >= 0.3 is 0 Å². The number of para-hydroxylation sites is 1. The summed E-state index contributed by atoms with van der Waals surface area (Å²) in [5.41, 5.74) is 4.17. The molecule has 4 rings (SSSR count). The minimum atomic E-state index is -0.274. The maximum atomic E-state index is 13.0. The van der Waals surface area contributed by atoms with Gasteiger partial charge in [0.05, 0.1) is 5.69 Å². The highest BCUT2D eigenvalue weighted by molar-refractivity contribution is 14.0.